The first kappa shape index (κ1) is 23.9. The summed E-state index contributed by atoms with van der Waals surface area (Å²) in [7, 11) is 0. The number of halogens is 2. The number of benzene rings is 2. The first-order chi connectivity index (χ1) is 14.8. The van der Waals surface area contributed by atoms with Crippen molar-refractivity contribution in [3.05, 3.63) is 61.4 Å². The van der Waals surface area contributed by atoms with Gasteiger partial charge in [-0.2, -0.15) is 0 Å². The van der Waals surface area contributed by atoms with Crippen LogP contribution in [0.2, 0.25) is 0 Å². The number of amides is 2. The van der Waals surface area contributed by atoms with Crippen LogP contribution in [0.1, 0.15) is 38.3 Å². The quantitative estimate of drug-likeness (QED) is 0.320. The van der Waals surface area contributed by atoms with Crippen molar-refractivity contribution in [2.24, 2.45) is 0 Å². The molecular formula is C23H23Br2NO4S. The second-order valence-electron chi connectivity index (χ2n) is 6.98. The minimum Gasteiger partial charge on any atom is -0.490 e. The van der Waals surface area contributed by atoms with E-state index in [1.54, 1.807) is 6.08 Å². The molecule has 2 aromatic rings. The molecule has 2 amide bonds. The number of imide groups is 1. The molecule has 0 aliphatic carbocycles. The van der Waals surface area contributed by atoms with Crippen LogP contribution in [0, 0.1) is 0 Å². The second kappa shape index (κ2) is 10.7. The maximum Gasteiger partial charge on any atom is 0.293 e. The normalized spacial score (nSPS) is 16.2. The van der Waals surface area contributed by atoms with Gasteiger partial charge in [-0.15, -0.1) is 0 Å². The molecule has 0 saturated carbocycles. The van der Waals surface area contributed by atoms with Crippen LogP contribution in [0.25, 0.3) is 6.08 Å². The third kappa shape index (κ3) is 5.73. The highest BCUT2D eigenvalue weighted by Gasteiger charge is 2.37. The fourth-order valence-corrected chi connectivity index (χ4v) is 4.59. The van der Waals surface area contributed by atoms with Gasteiger partial charge in [0.15, 0.2) is 11.5 Å². The molecule has 0 N–H and O–H groups in total. The van der Waals surface area contributed by atoms with E-state index in [1.807, 2.05) is 57.2 Å². The van der Waals surface area contributed by atoms with E-state index in [0.29, 0.717) is 36.0 Å². The number of rotatable bonds is 8. The zero-order valence-electron chi connectivity index (χ0n) is 17.5. The SMILES string of the molecule is CCOc1cc(/C=C2/SC(=O)N([C@@H](C)CC)C2=O)c(Br)cc1OCc1ccc(Br)cc1. The summed E-state index contributed by atoms with van der Waals surface area (Å²) in [5.74, 6) is 0.918. The Hall–Kier alpha value is -1.77. The summed E-state index contributed by atoms with van der Waals surface area (Å²) in [5.41, 5.74) is 1.78. The molecule has 2 aromatic carbocycles. The van der Waals surface area contributed by atoms with Crippen molar-refractivity contribution in [1.82, 2.24) is 4.90 Å². The van der Waals surface area contributed by atoms with Gasteiger partial charge in [-0.3, -0.25) is 14.5 Å². The number of thioether (sulfide) groups is 1. The van der Waals surface area contributed by atoms with Crippen molar-refractivity contribution in [3.63, 3.8) is 0 Å². The molecule has 31 heavy (non-hydrogen) atoms. The van der Waals surface area contributed by atoms with Gasteiger partial charge in [-0.1, -0.05) is 50.9 Å². The predicted octanol–water partition coefficient (Wildman–Crippen LogP) is 7.02. The van der Waals surface area contributed by atoms with E-state index in [9.17, 15) is 9.59 Å². The lowest BCUT2D eigenvalue weighted by atomic mass is 10.1. The Labute approximate surface area is 203 Å². The zero-order valence-corrected chi connectivity index (χ0v) is 21.5. The molecule has 3 rings (SSSR count). The number of carbonyl (C=O) groups is 2. The van der Waals surface area contributed by atoms with E-state index in [0.717, 1.165) is 31.8 Å². The van der Waals surface area contributed by atoms with E-state index in [-0.39, 0.29) is 17.2 Å². The van der Waals surface area contributed by atoms with E-state index in [4.69, 9.17) is 9.47 Å². The molecule has 1 aliphatic heterocycles. The molecule has 0 radical (unpaired) electrons. The summed E-state index contributed by atoms with van der Waals surface area (Å²) in [5, 5.41) is -0.235. The topological polar surface area (TPSA) is 55.8 Å². The molecule has 1 aliphatic rings. The van der Waals surface area contributed by atoms with Crippen molar-refractivity contribution in [3.8, 4) is 11.5 Å². The predicted molar refractivity (Wildman–Crippen MR) is 131 cm³/mol. The van der Waals surface area contributed by atoms with E-state index < -0.39 is 0 Å². The van der Waals surface area contributed by atoms with Gasteiger partial charge in [0.05, 0.1) is 11.5 Å². The van der Waals surface area contributed by atoms with E-state index >= 15 is 0 Å². The molecule has 0 spiro atoms. The molecule has 8 heteroatoms. The third-order valence-electron chi connectivity index (χ3n) is 4.81. The number of nitrogens with zero attached hydrogens (tertiary/aromatic N) is 1. The van der Waals surface area contributed by atoms with Crippen molar-refractivity contribution >= 4 is 60.8 Å². The molecule has 1 saturated heterocycles. The van der Waals surface area contributed by atoms with Gasteiger partial charge in [0, 0.05) is 15.0 Å². The van der Waals surface area contributed by atoms with Crippen molar-refractivity contribution < 1.29 is 19.1 Å². The summed E-state index contributed by atoms with van der Waals surface area (Å²) < 4.78 is 13.5. The van der Waals surface area contributed by atoms with E-state index in [1.165, 1.54) is 4.90 Å². The summed E-state index contributed by atoms with van der Waals surface area (Å²) >= 11 is 7.95. The molecule has 0 unspecified atom stereocenters. The second-order valence-corrected chi connectivity index (χ2v) is 9.74. The van der Waals surface area contributed by atoms with E-state index in [2.05, 4.69) is 31.9 Å². The molecule has 0 bridgehead atoms. The van der Waals surface area contributed by atoms with Gasteiger partial charge in [-0.25, -0.2) is 0 Å². The summed E-state index contributed by atoms with van der Waals surface area (Å²) in [4.78, 5) is 26.8. The summed E-state index contributed by atoms with van der Waals surface area (Å²) in [6.45, 7) is 6.60. The first-order valence-electron chi connectivity index (χ1n) is 9.94. The van der Waals surface area contributed by atoms with Crippen LogP contribution in [0.15, 0.2) is 50.2 Å². The van der Waals surface area contributed by atoms with Crippen LogP contribution in [0.3, 0.4) is 0 Å². The van der Waals surface area contributed by atoms with Gasteiger partial charge in [0.1, 0.15) is 6.61 Å². The van der Waals surface area contributed by atoms with Crippen LogP contribution in [-0.4, -0.2) is 28.7 Å². The summed E-state index contributed by atoms with van der Waals surface area (Å²) in [6.07, 6.45) is 2.44. The van der Waals surface area contributed by atoms with Crippen LogP contribution in [-0.2, 0) is 11.4 Å². The lowest BCUT2D eigenvalue weighted by molar-refractivity contribution is -0.124. The average molecular weight is 569 g/mol. The van der Waals surface area contributed by atoms with Crippen LogP contribution in [0.5, 0.6) is 11.5 Å². The number of hydrogen-bond acceptors (Lipinski definition) is 5. The highest BCUT2D eigenvalue weighted by molar-refractivity contribution is 9.10. The number of carbonyl (C=O) groups excluding carboxylic acids is 2. The van der Waals surface area contributed by atoms with Crippen LogP contribution < -0.4 is 9.47 Å². The Morgan fingerprint density at radius 1 is 1.06 bits per heavy atom. The fourth-order valence-electron chi connectivity index (χ4n) is 2.97. The molecular weight excluding hydrogens is 546 g/mol. The molecule has 1 heterocycles. The van der Waals surface area contributed by atoms with Crippen molar-refractivity contribution in [1.29, 1.82) is 0 Å². The van der Waals surface area contributed by atoms with Crippen LogP contribution >= 0.6 is 43.6 Å². The largest absolute Gasteiger partial charge is 0.490 e. The third-order valence-corrected chi connectivity index (χ3v) is 6.91. The maximum atomic E-state index is 12.7. The molecule has 164 valence electrons. The van der Waals surface area contributed by atoms with Crippen LogP contribution in [0.4, 0.5) is 4.79 Å². The highest BCUT2D eigenvalue weighted by atomic mass is 79.9. The van der Waals surface area contributed by atoms with Gasteiger partial charge in [0.2, 0.25) is 0 Å². The van der Waals surface area contributed by atoms with Gasteiger partial charge in [0.25, 0.3) is 11.1 Å². The Morgan fingerprint density at radius 2 is 1.74 bits per heavy atom. The van der Waals surface area contributed by atoms with Gasteiger partial charge >= 0.3 is 0 Å². The Balaban J connectivity index is 1.86. The standard InChI is InChI=1S/C23H23Br2NO4S/c1-4-14(3)26-22(27)21(31-23(26)28)11-16-10-19(29-5-2)20(12-18(16)25)30-13-15-6-8-17(24)9-7-15/h6-12,14H,4-5,13H2,1-3H3/b21-11+/t14-/m0/s1. The number of ether oxygens (including phenoxy) is 2. The minimum absolute atomic E-state index is 0.129. The zero-order chi connectivity index (χ0) is 22.5. The number of hydrogen-bond donors (Lipinski definition) is 0. The molecule has 5 nitrogen and oxygen atoms in total. The highest BCUT2D eigenvalue weighted by Crippen LogP contribution is 2.39. The van der Waals surface area contributed by atoms with Crippen molar-refractivity contribution in [2.45, 2.75) is 39.8 Å². The van der Waals surface area contributed by atoms with Gasteiger partial charge in [-0.05, 0) is 73.5 Å². The monoisotopic (exact) mass is 567 g/mol. The average Bonchev–Trinajstić information content (AvgIpc) is 3.03. The van der Waals surface area contributed by atoms with Crippen molar-refractivity contribution in [2.75, 3.05) is 6.61 Å². The van der Waals surface area contributed by atoms with Gasteiger partial charge < -0.3 is 9.47 Å². The molecule has 1 fully saturated rings. The lowest BCUT2D eigenvalue weighted by Crippen LogP contribution is -2.36. The summed E-state index contributed by atoms with van der Waals surface area (Å²) in [6, 6.07) is 11.4. The minimum atomic E-state index is -0.259. The molecule has 0 aromatic heterocycles. The lowest BCUT2D eigenvalue weighted by Gasteiger charge is -2.19. The first-order valence-corrected chi connectivity index (χ1v) is 12.3. The smallest absolute Gasteiger partial charge is 0.293 e. The maximum absolute atomic E-state index is 12.7. The Morgan fingerprint density at radius 3 is 2.39 bits per heavy atom. The Kier molecular flexibility index (Phi) is 8.24. The fraction of sp³-hybridized carbons (Fsp3) is 0.304. The molecule has 1 atom stereocenters. The Bertz CT molecular complexity index is 1010.